The quantitative estimate of drug-likeness (QED) is 0.849. The van der Waals surface area contributed by atoms with Crippen molar-refractivity contribution < 1.29 is 9.59 Å². The van der Waals surface area contributed by atoms with Crippen LogP contribution >= 0.6 is 0 Å². The molecule has 1 saturated heterocycles. The Kier molecular flexibility index (Phi) is 7.21. The van der Waals surface area contributed by atoms with Crippen molar-refractivity contribution in [3.8, 4) is 0 Å². The van der Waals surface area contributed by atoms with Crippen LogP contribution in [0.25, 0.3) is 0 Å². The van der Waals surface area contributed by atoms with Crippen molar-refractivity contribution >= 4 is 17.5 Å². The Bertz CT molecular complexity index is 621. The third-order valence-corrected chi connectivity index (χ3v) is 5.26. The van der Waals surface area contributed by atoms with Crippen LogP contribution in [-0.2, 0) is 16.0 Å². The molecule has 2 rings (SSSR count). The van der Waals surface area contributed by atoms with Crippen LogP contribution in [0.2, 0.25) is 0 Å². The molecule has 1 heterocycles. The Hall–Kier alpha value is -1.88. The summed E-state index contributed by atoms with van der Waals surface area (Å²) in [7, 11) is 1.84. The molecule has 1 aromatic rings. The van der Waals surface area contributed by atoms with Crippen LogP contribution in [0.5, 0.6) is 0 Å². The SMILES string of the molecule is CCc1ccccc1NC(=O)CN(C)C(C)C(=O)N1CC(C)CC(C)C1. The number of amides is 2. The van der Waals surface area contributed by atoms with Crippen molar-refractivity contribution in [2.24, 2.45) is 11.8 Å². The highest BCUT2D eigenvalue weighted by molar-refractivity contribution is 5.93. The van der Waals surface area contributed by atoms with E-state index in [-0.39, 0.29) is 24.4 Å². The average molecular weight is 360 g/mol. The van der Waals surface area contributed by atoms with Crippen molar-refractivity contribution in [2.75, 3.05) is 32.0 Å². The molecule has 144 valence electrons. The van der Waals surface area contributed by atoms with Gasteiger partial charge in [-0.15, -0.1) is 0 Å². The number of nitrogens with one attached hydrogen (secondary N) is 1. The van der Waals surface area contributed by atoms with Crippen molar-refractivity contribution in [3.05, 3.63) is 29.8 Å². The predicted octanol–water partition coefficient (Wildman–Crippen LogP) is 3.01. The fourth-order valence-electron chi connectivity index (χ4n) is 3.80. The minimum Gasteiger partial charge on any atom is -0.341 e. The van der Waals surface area contributed by atoms with Gasteiger partial charge in [0.15, 0.2) is 0 Å². The number of benzene rings is 1. The first kappa shape index (κ1) is 20.4. The van der Waals surface area contributed by atoms with Gasteiger partial charge < -0.3 is 10.2 Å². The molecule has 0 radical (unpaired) electrons. The molecule has 0 saturated carbocycles. The van der Waals surface area contributed by atoms with E-state index in [1.54, 1.807) is 0 Å². The van der Waals surface area contributed by atoms with Gasteiger partial charge in [0.05, 0.1) is 12.6 Å². The molecule has 1 aliphatic rings. The fraction of sp³-hybridized carbons (Fsp3) is 0.619. The van der Waals surface area contributed by atoms with Crippen molar-refractivity contribution in [1.82, 2.24) is 9.80 Å². The summed E-state index contributed by atoms with van der Waals surface area (Å²) >= 11 is 0. The molecule has 5 heteroatoms. The van der Waals surface area contributed by atoms with Crippen LogP contribution in [-0.4, -0.2) is 54.3 Å². The highest BCUT2D eigenvalue weighted by Gasteiger charge is 2.30. The zero-order valence-corrected chi connectivity index (χ0v) is 16.8. The zero-order chi connectivity index (χ0) is 19.3. The Balaban J connectivity index is 1.92. The fourth-order valence-corrected chi connectivity index (χ4v) is 3.80. The van der Waals surface area contributed by atoms with Crippen LogP contribution in [0, 0.1) is 11.8 Å². The monoisotopic (exact) mass is 359 g/mol. The summed E-state index contributed by atoms with van der Waals surface area (Å²) in [5.74, 6) is 1.10. The first-order chi connectivity index (χ1) is 12.3. The second-order valence-electron chi connectivity index (χ2n) is 7.84. The molecular formula is C21H33N3O2. The first-order valence-electron chi connectivity index (χ1n) is 9.68. The lowest BCUT2D eigenvalue weighted by Gasteiger charge is -2.38. The molecule has 1 N–H and O–H groups in total. The number of para-hydroxylation sites is 1. The number of likely N-dealkylation sites (N-methyl/N-ethyl adjacent to an activating group) is 1. The third-order valence-electron chi connectivity index (χ3n) is 5.26. The van der Waals surface area contributed by atoms with Gasteiger partial charge in [-0.05, 0) is 50.3 Å². The molecule has 26 heavy (non-hydrogen) atoms. The molecule has 1 aromatic carbocycles. The molecule has 3 atom stereocenters. The smallest absolute Gasteiger partial charge is 0.239 e. The van der Waals surface area contributed by atoms with E-state index in [0.29, 0.717) is 11.8 Å². The molecule has 1 fully saturated rings. The van der Waals surface area contributed by atoms with Gasteiger partial charge in [-0.25, -0.2) is 0 Å². The van der Waals surface area contributed by atoms with Crippen molar-refractivity contribution in [2.45, 2.75) is 46.6 Å². The molecule has 0 aliphatic carbocycles. The maximum atomic E-state index is 12.8. The summed E-state index contributed by atoms with van der Waals surface area (Å²) < 4.78 is 0. The van der Waals surface area contributed by atoms with Gasteiger partial charge >= 0.3 is 0 Å². The van der Waals surface area contributed by atoms with E-state index in [2.05, 4.69) is 26.1 Å². The average Bonchev–Trinajstić information content (AvgIpc) is 2.59. The number of anilines is 1. The van der Waals surface area contributed by atoms with Crippen LogP contribution in [0.4, 0.5) is 5.69 Å². The molecule has 2 amide bonds. The van der Waals surface area contributed by atoms with Gasteiger partial charge in [-0.2, -0.15) is 0 Å². The van der Waals surface area contributed by atoms with E-state index in [0.717, 1.165) is 30.8 Å². The molecule has 0 bridgehead atoms. The van der Waals surface area contributed by atoms with E-state index < -0.39 is 0 Å². The first-order valence-corrected chi connectivity index (χ1v) is 9.68. The summed E-state index contributed by atoms with van der Waals surface area (Å²) in [5, 5.41) is 2.97. The zero-order valence-electron chi connectivity index (χ0n) is 16.8. The molecule has 3 unspecified atom stereocenters. The van der Waals surface area contributed by atoms with Gasteiger partial charge in [0.1, 0.15) is 0 Å². The summed E-state index contributed by atoms with van der Waals surface area (Å²) in [6.45, 7) is 10.2. The Morgan fingerprint density at radius 3 is 2.46 bits per heavy atom. The van der Waals surface area contributed by atoms with E-state index >= 15 is 0 Å². The Morgan fingerprint density at radius 1 is 1.23 bits per heavy atom. The van der Waals surface area contributed by atoms with Crippen LogP contribution in [0.1, 0.15) is 39.7 Å². The van der Waals surface area contributed by atoms with E-state index in [1.807, 2.05) is 48.0 Å². The summed E-state index contributed by atoms with van der Waals surface area (Å²) in [6, 6.07) is 7.52. The number of hydrogen-bond acceptors (Lipinski definition) is 3. The highest BCUT2D eigenvalue weighted by Crippen LogP contribution is 2.22. The van der Waals surface area contributed by atoms with Crippen LogP contribution in [0.15, 0.2) is 24.3 Å². The van der Waals surface area contributed by atoms with E-state index in [4.69, 9.17) is 0 Å². The van der Waals surface area contributed by atoms with Gasteiger partial charge in [-0.3, -0.25) is 14.5 Å². The summed E-state index contributed by atoms with van der Waals surface area (Å²) in [6.07, 6.45) is 2.04. The van der Waals surface area contributed by atoms with Crippen molar-refractivity contribution in [1.29, 1.82) is 0 Å². The number of nitrogens with zero attached hydrogens (tertiary/aromatic N) is 2. The second kappa shape index (κ2) is 9.17. The van der Waals surface area contributed by atoms with Gasteiger partial charge in [0, 0.05) is 18.8 Å². The van der Waals surface area contributed by atoms with Crippen molar-refractivity contribution in [3.63, 3.8) is 0 Å². The van der Waals surface area contributed by atoms with Gasteiger partial charge in [0.25, 0.3) is 0 Å². The maximum Gasteiger partial charge on any atom is 0.239 e. The van der Waals surface area contributed by atoms with Crippen LogP contribution in [0.3, 0.4) is 0 Å². The highest BCUT2D eigenvalue weighted by atomic mass is 16.2. The van der Waals surface area contributed by atoms with Gasteiger partial charge in [-0.1, -0.05) is 39.0 Å². The normalized spacial score (nSPS) is 21.5. The molecule has 1 aliphatic heterocycles. The summed E-state index contributed by atoms with van der Waals surface area (Å²) in [5.41, 5.74) is 1.97. The third kappa shape index (κ3) is 5.31. The van der Waals surface area contributed by atoms with E-state index in [1.165, 1.54) is 6.42 Å². The number of likely N-dealkylation sites (tertiary alicyclic amines) is 1. The number of hydrogen-bond donors (Lipinski definition) is 1. The lowest BCUT2D eigenvalue weighted by molar-refractivity contribution is -0.139. The number of carbonyl (C=O) groups is 2. The molecular weight excluding hydrogens is 326 g/mol. The number of piperidine rings is 1. The molecule has 0 spiro atoms. The summed E-state index contributed by atoms with van der Waals surface area (Å²) in [4.78, 5) is 29.0. The number of carbonyl (C=O) groups excluding carboxylic acids is 2. The largest absolute Gasteiger partial charge is 0.341 e. The maximum absolute atomic E-state index is 12.8. The molecule has 5 nitrogen and oxygen atoms in total. The Labute approximate surface area is 157 Å². The minimum absolute atomic E-state index is 0.0894. The van der Waals surface area contributed by atoms with Crippen LogP contribution < -0.4 is 5.32 Å². The second-order valence-corrected chi connectivity index (χ2v) is 7.84. The lowest BCUT2D eigenvalue weighted by atomic mass is 9.91. The number of rotatable bonds is 6. The standard InChI is InChI=1S/C21H33N3O2/c1-6-18-9-7-8-10-19(18)22-20(25)14-23(5)17(4)21(26)24-12-15(2)11-16(3)13-24/h7-10,15-17H,6,11-14H2,1-5H3,(H,22,25). The Morgan fingerprint density at radius 2 is 1.85 bits per heavy atom. The van der Waals surface area contributed by atoms with Gasteiger partial charge in [0.2, 0.25) is 11.8 Å². The topological polar surface area (TPSA) is 52.7 Å². The number of aryl methyl sites for hydroxylation is 1. The van der Waals surface area contributed by atoms with E-state index in [9.17, 15) is 9.59 Å². The lowest BCUT2D eigenvalue weighted by Crippen LogP contribution is -2.51. The minimum atomic E-state index is -0.306. The predicted molar refractivity (Wildman–Crippen MR) is 106 cm³/mol. The molecule has 0 aromatic heterocycles.